The van der Waals surface area contributed by atoms with E-state index in [0.29, 0.717) is 26.1 Å². The van der Waals surface area contributed by atoms with Crippen LogP contribution in [-0.2, 0) is 10.2 Å². The first-order valence-electron chi connectivity index (χ1n) is 6.90. The summed E-state index contributed by atoms with van der Waals surface area (Å²) in [6.45, 7) is 1.10. The Balaban J connectivity index is 2.19. The van der Waals surface area contributed by atoms with Crippen LogP contribution in [0.2, 0.25) is 0 Å². The summed E-state index contributed by atoms with van der Waals surface area (Å²) in [7, 11) is 0. The van der Waals surface area contributed by atoms with Gasteiger partial charge in [0.2, 0.25) is 0 Å². The largest absolute Gasteiger partial charge is 0.389 e. The number of hydrogen-bond donors (Lipinski definition) is 1. The molecule has 1 aliphatic rings. The predicted molar refractivity (Wildman–Crippen MR) is 71.4 cm³/mol. The smallest absolute Gasteiger partial charge is 0.381 e. The topological polar surface area (TPSA) is 35.2 Å². The second kappa shape index (κ2) is 6.14. The van der Waals surface area contributed by atoms with Crippen molar-refractivity contribution in [3.05, 3.63) is 35.9 Å². The van der Waals surface area contributed by atoms with Gasteiger partial charge in [-0.2, -0.15) is 13.2 Å². The molecule has 20 heavy (non-hydrogen) atoms. The lowest BCUT2D eigenvalue weighted by atomic mass is 9.68. The highest BCUT2D eigenvalue weighted by molar-refractivity contribution is 5.28. The van der Waals surface area contributed by atoms with E-state index in [4.69, 9.17) is 10.5 Å². The van der Waals surface area contributed by atoms with Crippen LogP contribution in [0.4, 0.5) is 13.2 Å². The Hall–Kier alpha value is -1.07. The zero-order valence-corrected chi connectivity index (χ0v) is 11.3. The molecule has 1 unspecified atom stereocenters. The van der Waals surface area contributed by atoms with Crippen molar-refractivity contribution in [3.8, 4) is 0 Å². The number of rotatable bonds is 4. The summed E-state index contributed by atoms with van der Waals surface area (Å²) in [4.78, 5) is 0. The van der Waals surface area contributed by atoms with Gasteiger partial charge in [0.15, 0.2) is 0 Å². The minimum atomic E-state index is -4.15. The summed E-state index contributed by atoms with van der Waals surface area (Å²) in [5, 5.41) is 0. The van der Waals surface area contributed by atoms with Crippen LogP contribution in [0.25, 0.3) is 0 Å². The molecule has 1 aliphatic heterocycles. The zero-order chi connectivity index (χ0) is 14.6. The third-order valence-electron chi connectivity index (χ3n) is 4.18. The molecule has 1 aromatic rings. The minimum Gasteiger partial charge on any atom is -0.381 e. The molecule has 2 nitrogen and oxygen atoms in total. The highest BCUT2D eigenvalue weighted by Gasteiger charge is 2.41. The Bertz CT molecular complexity index is 413. The van der Waals surface area contributed by atoms with E-state index in [1.54, 1.807) is 0 Å². The van der Waals surface area contributed by atoms with Crippen LogP contribution >= 0.6 is 0 Å². The van der Waals surface area contributed by atoms with Crippen molar-refractivity contribution in [2.75, 3.05) is 13.2 Å². The SMILES string of the molecule is NC(CCC(F)(F)F)C1(c2ccccc2)CCOCC1. The highest BCUT2D eigenvalue weighted by Crippen LogP contribution is 2.39. The lowest BCUT2D eigenvalue weighted by Crippen LogP contribution is -2.49. The molecule has 1 fully saturated rings. The molecule has 1 heterocycles. The normalized spacial score (nSPS) is 20.6. The van der Waals surface area contributed by atoms with Gasteiger partial charge in [-0.25, -0.2) is 0 Å². The van der Waals surface area contributed by atoms with Crippen LogP contribution in [-0.4, -0.2) is 25.4 Å². The summed E-state index contributed by atoms with van der Waals surface area (Å²) < 4.78 is 42.7. The molecule has 0 spiro atoms. The minimum absolute atomic E-state index is 0.0433. The molecule has 1 aromatic carbocycles. The van der Waals surface area contributed by atoms with Gasteiger partial charge in [0.25, 0.3) is 0 Å². The van der Waals surface area contributed by atoms with Crippen molar-refractivity contribution in [3.63, 3.8) is 0 Å². The van der Waals surface area contributed by atoms with Gasteiger partial charge in [0.05, 0.1) is 0 Å². The van der Waals surface area contributed by atoms with Crippen molar-refractivity contribution >= 4 is 0 Å². The van der Waals surface area contributed by atoms with Crippen molar-refractivity contribution in [1.29, 1.82) is 0 Å². The molecule has 0 amide bonds. The maximum absolute atomic E-state index is 12.4. The van der Waals surface area contributed by atoms with Gasteiger partial charge in [-0.1, -0.05) is 30.3 Å². The Kier molecular flexibility index (Phi) is 4.70. The van der Waals surface area contributed by atoms with Gasteiger partial charge in [-0.05, 0) is 24.8 Å². The number of nitrogens with two attached hydrogens (primary N) is 1. The molecular formula is C15H20F3NO. The quantitative estimate of drug-likeness (QED) is 0.921. The highest BCUT2D eigenvalue weighted by atomic mass is 19.4. The zero-order valence-electron chi connectivity index (χ0n) is 11.3. The molecule has 0 saturated carbocycles. The van der Waals surface area contributed by atoms with Crippen molar-refractivity contribution in [1.82, 2.24) is 0 Å². The van der Waals surface area contributed by atoms with Crippen molar-refractivity contribution in [2.24, 2.45) is 5.73 Å². The van der Waals surface area contributed by atoms with Gasteiger partial charge in [-0.3, -0.25) is 0 Å². The van der Waals surface area contributed by atoms with Crippen LogP contribution in [0.1, 0.15) is 31.2 Å². The summed E-state index contributed by atoms with van der Waals surface area (Å²) >= 11 is 0. The van der Waals surface area contributed by atoms with E-state index in [1.807, 2.05) is 30.3 Å². The van der Waals surface area contributed by atoms with Gasteiger partial charge >= 0.3 is 6.18 Å². The molecular weight excluding hydrogens is 267 g/mol. The van der Waals surface area contributed by atoms with Crippen LogP contribution in [0.15, 0.2) is 30.3 Å². The summed E-state index contributed by atoms with van der Waals surface area (Å²) in [6, 6.07) is 9.12. The van der Waals surface area contributed by atoms with Crippen LogP contribution in [0.5, 0.6) is 0 Å². The summed E-state index contributed by atoms with van der Waals surface area (Å²) in [6.07, 6.45) is -3.67. The van der Waals surface area contributed by atoms with E-state index < -0.39 is 24.1 Å². The summed E-state index contributed by atoms with van der Waals surface area (Å²) in [5.41, 5.74) is 6.79. The number of ether oxygens (including phenoxy) is 1. The van der Waals surface area contributed by atoms with Gasteiger partial charge in [0, 0.05) is 31.1 Å². The Morgan fingerprint density at radius 3 is 2.30 bits per heavy atom. The Morgan fingerprint density at radius 1 is 1.15 bits per heavy atom. The second-order valence-electron chi connectivity index (χ2n) is 5.39. The Labute approximate surface area is 117 Å². The molecule has 0 bridgehead atoms. The fourth-order valence-corrected chi connectivity index (χ4v) is 2.97. The third kappa shape index (κ3) is 3.52. The average molecular weight is 287 g/mol. The van der Waals surface area contributed by atoms with Crippen LogP contribution < -0.4 is 5.73 Å². The molecule has 112 valence electrons. The van der Waals surface area contributed by atoms with E-state index >= 15 is 0 Å². The average Bonchev–Trinajstić information content (AvgIpc) is 2.45. The van der Waals surface area contributed by atoms with E-state index in [1.165, 1.54) is 0 Å². The first kappa shape index (κ1) is 15.3. The van der Waals surface area contributed by atoms with Gasteiger partial charge in [0.1, 0.15) is 0 Å². The molecule has 0 radical (unpaired) electrons. The third-order valence-corrected chi connectivity index (χ3v) is 4.18. The molecule has 0 aliphatic carbocycles. The maximum atomic E-state index is 12.4. The molecule has 2 rings (SSSR count). The monoisotopic (exact) mass is 287 g/mol. The molecule has 0 aromatic heterocycles. The first-order chi connectivity index (χ1) is 9.44. The molecule has 1 atom stereocenters. The molecule has 1 saturated heterocycles. The van der Waals surface area contributed by atoms with E-state index in [2.05, 4.69) is 0 Å². The van der Waals surface area contributed by atoms with Gasteiger partial charge in [-0.15, -0.1) is 0 Å². The fraction of sp³-hybridized carbons (Fsp3) is 0.600. The van der Waals surface area contributed by atoms with E-state index in [9.17, 15) is 13.2 Å². The number of benzene rings is 1. The Morgan fingerprint density at radius 2 is 1.75 bits per heavy atom. The lowest BCUT2D eigenvalue weighted by Gasteiger charge is -2.42. The molecule has 2 N–H and O–H groups in total. The maximum Gasteiger partial charge on any atom is 0.389 e. The standard InChI is InChI=1S/C15H20F3NO/c16-15(17,18)7-6-13(19)14(8-10-20-11-9-14)12-4-2-1-3-5-12/h1-5,13H,6-11,19H2. The van der Waals surface area contributed by atoms with Crippen molar-refractivity contribution in [2.45, 2.75) is 43.3 Å². The van der Waals surface area contributed by atoms with Crippen molar-refractivity contribution < 1.29 is 17.9 Å². The number of halogens is 3. The van der Waals surface area contributed by atoms with E-state index in [0.717, 1.165) is 5.56 Å². The molecule has 5 heteroatoms. The lowest BCUT2D eigenvalue weighted by molar-refractivity contribution is -0.137. The summed E-state index contributed by atoms with van der Waals surface area (Å²) in [5.74, 6) is 0. The first-order valence-corrected chi connectivity index (χ1v) is 6.90. The predicted octanol–water partition coefficient (Wildman–Crippen LogP) is 3.40. The van der Waals surface area contributed by atoms with E-state index in [-0.39, 0.29) is 6.42 Å². The number of hydrogen-bond acceptors (Lipinski definition) is 2. The number of alkyl halides is 3. The van der Waals surface area contributed by atoms with Crippen LogP contribution in [0, 0.1) is 0 Å². The van der Waals surface area contributed by atoms with Gasteiger partial charge < -0.3 is 10.5 Å². The van der Waals surface area contributed by atoms with Crippen LogP contribution in [0.3, 0.4) is 0 Å². The second-order valence-corrected chi connectivity index (χ2v) is 5.39. The fourth-order valence-electron chi connectivity index (χ4n) is 2.97.